The van der Waals surface area contributed by atoms with Gasteiger partial charge in [0.1, 0.15) is 0 Å². The van der Waals surface area contributed by atoms with Crippen molar-refractivity contribution in [2.45, 2.75) is 25.5 Å². The number of nitrogens with one attached hydrogen (secondary N) is 1. The van der Waals surface area contributed by atoms with E-state index in [1.165, 1.54) is 4.90 Å². The van der Waals surface area contributed by atoms with E-state index >= 15 is 0 Å². The summed E-state index contributed by atoms with van der Waals surface area (Å²) in [5.74, 6) is -1.00. The van der Waals surface area contributed by atoms with E-state index in [0.717, 1.165) is 10.4 Å². The average Bonchev–Trinajstić information content (AvgIpc) is 2.90. The topological polar surface area (TPSA) is 78.9 Å². The number of ether oxygens (including phenoxy) is 1. The minimum atomic E-state index is -1.00. The van der Waals surface area contributed by atoms with E-state index in [-0.39, 0.29) is 12.1 Å². The van der Waals surface area contributed by atoms with Gasteiger partial charge in [-0.2, -0.15) is 0 Å². The number of urea groups is 1. The number of carboxylic acid groups (broad SMARTS) is 1. The zero-order valence-corrected chi connectivity index (χ0v) is 12.3. The number of hydrogen-bond donors (Lipinski definition) is 2. The Labute approximate surface area is 121 Å². The molecule has 20 heavy (non-hydrogen) atoms. The number of rotatable bonds is 4. The van der Waals surface area contributed by atoms with Crippen molar-refractivity contribution in [3.8, 4) is 0 Å². The van der Waals surface area contributed by atoms with Crippen molar-refractivity contribution in [1.29, 1.82) is 0 Å². The lowest BCUT2D eigenvalue weighted by molar-refractivity contribution is -0.142. The number of hydrogen-bond acceptors (Lipinski definition) is 4. The van der Waals surface area contributed by atoms with E-state index in [4.69, 9.17) is 4.74 Å². The van der Waals surface area contributed by atoms with Crippen LogP contribution >= 0.6 is 11.3 Å². The summed E-state index contributed by atoms with van der Waals surface area (Å²) in [6.07, 6.45) is 0.591. The van der Waals surface area contributed by atoms with E-state index in [0.29, 0.717) is 19.5 Å². The summed E-state index contributed by atoms with van der Waals surface area (Å²) in [5, 5.41) is 14.0. The van der Waals surface area contributed by atoms with E-state index < -0.39 is 12.0 Å². The van der Waals surface area contributed by atoms with Gasteiger partial charge in [-0.25, -0.2) is 9.59 Å². The highest BCUT2D eigenvalue weighted by Crippen LogP contribution is 2.33. The monoisotopic (exact) mass is 298 g/mol. The Morgan fingerprint density at radius 2 is 2.40 bits per heavy atom. The quantitative estimate of drug-likeness (QED) is 0.882. The first kappa shape index (κ1) is 14.8. The Morgan fingerprint density at radius 1 is 1.65 bits per heavy atom. The molecule has 1 aromatic heterocycles. The Balaban J connectivity index is 2.11. The lowest BCUT2D eigenvalue weighted by Crippen LogP contribution is -2.49. The molecule has 2 unspecified atom stereocenters. The first-order valence-corrected chi connectivity index (χ1v) is 7.29. The van der Waals surface area contributed by atoms with Crippen LogP contribution in [0.15, 0.2) is 11.4 Å². The molecule has 110 valence electrons. The third-order valence-electron chi connectivity index (χ3n) is 3.40. The predicted molar refractivity (Wildman–Crippen MR) is 75.0 cm³/mol. The van der Waals surface area contributed by atoms with Crippen LogP contribution in [-0.4, -0.2) is 48.3 Å². The average molecular weight is 298 g/mol. The maximum Gasteiger partial charge on any atom is 0.331 e. The molecule has 0 aromatic carbocycles. The minimum Gasteiger partial charge on any atom is -0.479 e. The number of thiophene rings is 1. The van der Waals surface area contributed by atoms with Crippen molar-refractivity contribution in [3.05, 3.63) is 21.9 Å². The molecule has 0 aliphatic carbocycles. The summed E-state index contributed by atoms with van der Waals surface area (Å²) in [6, 6.07) is 0.525. The van der Waals surface area contributed by atoms with E-state index in [1.807, 2.05) is 12.3 Å². The lowest BCUT2D eigenvalue weighted by atomic mass is 10.0. The number of nitrogens with zero attached hydrogens (tertiary/aromatic N) is 1. The molecule has 0 fully saturated rings. The van der Waals surface area contributed by atoms with Crippen LogP contribution in [0.25, 0.3) is 0 Å². The first-order valence-electron chi connectivity index (χ1n) is 6.41. The number of amides is 2. The van der Waals surface area contributed by atoms with Crippen LogP contribution in [0.1, 0.15) is 23.4 Å². The smallest absolute Gasteiger partial charge is 0.331 e. The van der Waals surface area contributed by atoms with Crippen LogP contribution in [0.3, 0.4) is 0 Å². The van der Waals surface area contributed by atoms with E-state index in [9.17, 15) is 14.7 Å². The van der Waals surface area contributed by atoms with Crippen LogP contribution in [0.2, 0.25) is 0 Å². The lowest BCUT2D eigenvalue weighted by Gasteiger charge is -2.33. The molecule has 2 heterocycles. The zero-order chi connectivity index (χ0) is 14.7. The summed E-state index contributed by atoms with van der Waals surface area (Å²) in [4.78, 5) is 26.1. The van der Waals surface area contributed by atoms with Crippen LogP contribution in [0.5, 0.6) is 0 Å². The number of aliphatic carboxylic acids is 1. The molecule has 6 nitrogen and oxygen atoms in total. The second-order valence-electron chi connectivity index (χ2n) is 4.72. The summed E-state index contributed by atoms with van der Waals surface area (Å²) in [6.45, 7) is 2.61. The fraction of sp³-hybridized carbons (Fsp3) is 0.538. The minimum absolute atomic E-state index is 0.108. The van der Waals surface area contributed by atoms with Gasteiger partial charge in [-0.3, -0.25) is 0 Å². The summed E-state index contributed by atoms with van der Waals surface area (Å²) in [7, 11) is 1.56. The Hall–Kier alpha value is -1.60. The van der Waals surface area contributed by atoms with Crippen molar-refractivity contribution in [3.63, 3.8) is 0 Å². The highest BCUT2D eigenvalue weighted by molar-refractivity contribution is 7.10. The fourth-order valence-corrected chi connectivity index (χ4v) is 3.12. The van der Waals surface area contributed by atoms with Gasteiger partial charge in [0, 0.05) is 25.1 Å². The molecule has 7 heteroatoms. The van der Waals surface area contributed by atoms with Gasteiger partial charge in [-0.15, -0.1) is 11.3 Å². The third kappa shape index (κ3) is 2.94. The molecule has 2 amide bonds. The van der Waals surface area contributed by atoms with Crippen LogP contribution in [0, 0.1) is 0 Å². The molecule has 2 N–H and O–H groups in total. The maximum atomic E-state index is 12.2. The van der Waals surface area contributed by atoms with Gasteiger partial charge in [-0.05, 0) is 30.4 Å². The van der Waals surface area contributed by atoms with Gasteiger partial charge >= 0.3 is 12.0 Å². The second-order valence-corrected chi connectivity index (χ2v) is 5.72. The number of carbonyl (C=O) groups is 2. The van der Waals surface area contributed by atoms with Crippen molar-refractivity contribution >= 4 is 23.3 Å². The summed E-state index contributed by atoms with van der Waals surface area (Å²) in [5.41, 5.74) is 0.726. The number of methoxy groups -OCH3 is 1. The zero-order valence-electron chi connectivity index (χ0n) is 11.5. The summed E-state index contributed by atoms with van der Waals surface area (Å²) >= 11 is 1.54. The standard InChI is InChI=1S/C13H18N2O4S/c1-8(19-2)7-14-13(18)15-5-3-10-9(4-6-20-10)11(15)12(16)17/h4,6,8,11H,3,5,7H2,1-2H3,(H,14,18)(H,16,17). The van der Waals surface area contributed by atoms with Gasteiger partial charge < -0.3 is 20.1 Å². The number of carboxylic acids is 1. The third-order valence-corrected chi connectivity index (χ3v) is 4.40. The maximum absolute atomic E-state index is 12.2. The Bertz CT molecular complexity index is 502. The fourth-order valence-electron chi connectivity index (χ4n) is 2.22. The molecule has 0 saturated carbocycles. The Morgan fingerprint density at radius 3 is 3.05 bits per heavy atom. The normalized spacial score (nSPS) is 19.3. The SMILES string of the molecule is COC(C)CNC(=O)N1CCc2sccc2C1C(=O)O. The Kier molecular flexibility index (Phi) is 4.61. The van der Waals surface area contributed by atoms with Crippen molar-refractivity contribution in [1.82, 2.24) is 10.2 Å². The number of carbonyl (C=O) groups excluding carboxylic acids is 1. The highest BCUT2D eigenvalue weighted by Gasteiger charge is 2.36. The molecule has 0 bridgehead atoms. The summed E-state index contributed by atoms with van der Waals surface area (Å²) < 4.78 is 5.06. The molecule has 1 aliphatic rings. The van der Waals surface area contributed by atoms with Gasteiger partial charge in [0.25, 0.3) is 0 Å². The predicted octanol–water partition coefficient (Wildman–Crippen LogP) is 1.48. The number of fused-ring (bicyclic) bond motifs is 1. The molecule has 2 rings (SSSR count). The van der Waals surface area contributed by atoms with Gasteiger partial charge in [0.05, 0.1) is 6.10 Å². The van der Waals surface area contributed by atoms with E-state index in [2.05, 4.69) is 5.32 Å². The highest BCUT2D eigenvalue weighted by atomic mass is 32.1. The van der Waals surface area contributed by atoms with Crippen LogP contribution in [0.4, 0.5) is 4.79 Å². The molecule has 1 aliphatic heterocycles. The molecule has 0 radical (unpaired) electrons. The molecular weight excluding hydrogens is 280 g/mol. The largest absolute Gasteiger partial charge is 0.479 e. The van der Waals surface area contributed by atoms with Crippen LogP contribution < -0.4 is 5.32 Å². The molecular formula is C13H18N2O4S. The molecule has 2 atom stereocenters. The second kappa shape index (κ2) is 6.23. The van der Waals surface area contributed by atoms with Crippen molar-refractivity contribution < 1.29 is 19.4 Å². The first-order chi connectivity index (χ1) is 9.54. The van der Waals surface area contributed by atoms with Crippen molar-refractivity contribution in [2.24, 2.45) is 0 Å². The van der Waals surface area contributed by atoms with Gasteiger partial charge in [0.2, 0.25) is 0 Å². The molecule has 0 saturated heterocycles. The van der Waals surface area contributed by atoms with E-state index in [1.54, 1.807) is 24.5 Å². The van der Waals surface area contributed by atoms with Crippen molar-refractivity contribution in [2.75, 3.05) is 20.2 Å². The van der Waals surface area contributed by atoms with Crippen LogP contribution in [-0.2, 0) is 16.0 Å². The molecule has 1 aromatic rings. The molecule has 0 spiro atoms. The van der Waals surface area contributed by atoms with Gasteiger partial charge in [-0.1, -0.05) is 0 Å². The van der Waals surface area contributed by atoms with Gasteiger partial charge in [0.15, 0.2) is 6.04 Å².